The number of hydrogen-bond acceptors (Lipinski definition) is 10. The minimum Gasteiger partial charge on any atom is -0.469 e. The molecule has 2 amide bonds. The molecule has 2 atom stereocenters. The van der Waals surface area contributed by atoms with Gasteiger partial charge in [0.15, 0.2) is 0 Å². The van der Waals surface area contributed by atoms with Crippen LogP contribution in [0.25, 0.3) is 0 Å². The third kappa shape index (κ3) is 7.88. The van der Waals surface area contributed by atoms with Crippen molar-refractivity contribution in [3.8, 4) is 0 Å². The molecule has 2 aromatic rings. The van der Waals surface area contributed by atoms with Crippen molar-refractivity contribution < 1.29 is 28.7 Å². The van der Waals surface area contributed by atoms with Crippen LogP contribution in [0.4, 0.5) is 11.8 Å². The number of esters is 2. The Hall–Kier alpha value is -4.23. The van der Waals surface area contributed by atoms with E-state index < -0.39 is 29.3 Å². The Labute approximate surface area is 225 Å². The van der Waals surface area contributed by atoms with Gasteiger partial charge in [-0.3, -0.25) is 29.5 Å². The second kappa shape index (κ2) is 12.5. The molecule has 2 aromatic heterocycles. The van der Waals surface area contributed by atoms with Crippen LogP contribution < -0.4 is 21.5 Å². The average molecular weight is 546 g/mol. The summed E-state index contributed by atoms with van der Waals surface area (Å²) >= 11 is 0. The minimum absolute atomic E-state index is 0.0284. The lowest BCUT2D eigenvalue weighted by atomic mass is 9.92. The summed E-state index contributed by atoms with van der Waals surface area (Å²) in [7, 11) is 2.43. The molecule has 39 heavy (non-hydrogen) atoms. The first-order chi connectivity index (χ1) is 18.4. The van der Waals surface area contributed by atoms with E-state index in [1.54, 1.807) is 20.8 Å². The fourth-order valence-electron chi connectivity index (χ4n) is 3.93. The van der Waals surface area contributed by atoms with E-state index in [2.05, 4.69) is 40.6 Å². The van der Waals surface area contributed by atoms with Crippen LogP contribution in [-0.4, -0.2) is 70.5 Å². The quantitative estimate of drug-likeness (QED) is 0.268. The number of imidazole rings is 1. The number of methoxy groups -OCH3 is 2. The highest BCUT2D eigenvalue weighted by Crippen LogP contribution is 2.24. The Morgan fingerprint density at radius 3 is 2.56 bits per heavy atom. The molecule has 1 aliphatic rings. The van der Waals surface area contributed by atoms with Crippen molar-refractivity contribution >= 4 is 35.5 Å². The average Bonchev–Trinajstić information content (AvgIpc) is 3.38. The summed E-state index contributed by atoms with van der Waals surface area (Å²) in [5.74, 6) is -0.767. The molecule has 0 aliphatic carbocycles. The molecule has 1 aliphatic heterocycles. The summed E-state index contributed by atoms with van der Waals surface area (Å²) in [6, 6.07) is -1.02. The zero-order valence-corrected chi connectivity index (χ0v) is 22.7. The predicted molar refractivity (Wildman–Crippen MR) is 140 cm³/mol. The van der Waals surface area contributed by atoms with Gasteiger partial charge >= 0.3 is 11.9 Å². The number of aromatic amines is 2. The van der Waals surface area contributed by atoms with E-state index >= 15 is 0 Å². The number of rotatable bonds is 10. The Bertz CT molecular complexity index is 1280. The number of nitrogens with one attached hydrogen (secondary N) is 5. The van der Waals surface area contributed by atoms with Crippen LogP contribution in [0.2, 0.25) is 0 Å². The highest BCUT2D eigenvalue weighted by molar-refractivity contribution is 5.95. The number of carbonyl (C=O) groups is 4. The van der Waals surface area contributed by atoms with Crippen molar-refractivity contribution in [3.05, 3.63) is 33.6 Å². The number of amides is 2. The molecule has 5 N–H and O–H groups in total. The highest BCUT2D eigenvalue weighted by Gasteiger charge is 2.27. The van der Waals surface area contributed by atoms with Gasteiger partial charge in [-0.05, 0) is 25.2 Å². The van der Waals surface area contributed by atoms with Crippen molar-refractivity contribution in [1.82, 2.24) is 25.3 Å². The maximum absolute atomic E-state index is 12.7. The van der Waals surface area contributed by atoms with Crippen molar-refractivity contribution in [2.24, 2.45) is 11.3 Å². The van der Waals surface area contributed by atoms with E-state index in [1.165, 1.54) is 20.4 Å². The number of aryl methyl sites for hydroxylation is 1. The lowest BCUT2D eigenvalue weighted by Gasteiger charge is -2.25. The summed E-state index contributed by atoms with van der Waals surface area (Å²) < 4.78 is 9.29. The fraction of sp³-hybridized carbons (Fsp3) is 0.560. The van der Waals surface area contributed by atoms with Crippen LogP contribution in [0, 0.1) is 11.3 Å². The van der Waals surface area contributed by atoms with Gasteiger partial charge in [0.05, 0.1) is 26.0 Å². The van der Waals surface area contributed by atoms with Gasteiger partial charge in [-0.1, -0.05) is 20.8 Å². The summed E-state index contributed by atoms with van der Waals surface area (Å²) in [4.78, 5) is 75.2. The van der Waals surface area contributed by atoms with Gasteiger partial charge in [0.2, 0.25) is 11.9 Å². The Morgan fingerprint density at radius 2 is 1.90 bits per heavy atom. The second-order valence-electron chi connectivity index (χ2n) is 10.3. The molecule has 1 unspecified atom stereocenters. The van der Waals surface area contributed by atoms with Crippen LogP contribution in [-0.2, 0) is 36.7 Å². The molecular formula is C25H35N7O7. The number of fused-ring (bicyclic) bond motifs is 1. The molecule has 0 aromatic carbocycles. The molecule has 14 heteroatoms. The van der Waals surface area contributed by atoms with E-state index in [-0.39, 0.29) is 41.9 Å². The number of H-pyrrole nitrogens is 2. The fourth-order valence-corrected chi connectivity index (χ4v) is 3.93. The predicted octanol–water partition coefficient (Wildman–Crippen LogP) is 0.919. The van der Waals surface area contributed by atoms with Gasteiger partial charge < -0.3 is 25.1 Å². The summed E-state index contributed by atoms with van der Waals surface area (Å²) in [5, 5.41) is 8.36. The van der Waals surface area contributed by atoms with Crippen molar-refractivity contribution in [1.29, 1.82) is 0 Å². The van der Waals surface area contributed by atoms with E-state index in [4.69, 9.17) is 4.74 Å². The van der Waals surface area contributed by atoms with Crippen molar-refractivity contribution in [2.45, 2.75) is 58.9 Å². The van der Waals surface area contributed by atoms with E-state index in [0.29, 0.717) is 43.0 Å². The molecule has 0 bridgehead atoms. The maximum atomic E-state index is 12.7. The summed E-state index contributed by atoms with van der Waals surface area (Å²) in [6.45, 7) is 5.87. The number of carbonyl (C=O) groups excluding carboxylic acids is 4. The Morgan fingerprint density at radius 1 is 1.15 bits per heavy atom. The van der Waals surface area contributed by atoms with Crippen molar-refractivity contribution in [3.63, 3.8) is 0 Å². The summed E-state index contributed by atoms with van der Waals surface area (Å²) in [5.41, 5.74) is -0.270. The number of anilines is 2. The molecule has 0 saturated heterocycles. The van der Waals surface area contributed by atoms with Gasteiger partial charge in [-0.2, -0.15) is 4.98 Å². The van der Waals surface area contributed by atoms with Crippen LogP contribution in [0.5, 0.6) is 0 Å². The van der Waals surface area contributed by atoms with Gasteiger partial charge in [-0.15, -0.1) is 0 Å². The molecule has 14 nitrogen and oxygen atoms in total. The zero-order valence-electron chi connectivity index (χ0n) is 22.7. The van der Waals surface area contributed by atoms with E-state index in [0.717, 1.165) is 0 Å². The lowest BCUT2D eigenvalue weighted by molar-refractivity contribution is -0.144. The lowest BCUT2D eigenvalue weighted by Crippen LogP contribution is -2.42. The van der Waals surface area contributed by atoms with Crippen LogP contribution in [0.15, 0.2) is 11.0 Å². The number of nitrogens with zero attached hydrogens (tertiary/aromatic N) is 2. The first-order valence-corrected chi connectivity index (χ1v) is 12.6. The molecule has 0 spiro atoms. The van der Waals surface area contributed by atoms with E-state index in [9.17, 15) is 24.0 Å². The third-order valence-corrected chi connectivity index (χ3v) is 6.30. The van der Waals surface area contributed by atoms with Crippen LogP contribution >= 0.6 is 0 Å². The topological polar surface area (TPSA) is 197 Å². The van der Waals surface area contributed by atoms with E-state index in [1.807, 2.05) is 0 Å². The van der Waals surface area contributed by atoms with Gasteiger partial charge in [-0.25, -0.2) is 9.78 Å². The second-order valence-corrected chi connectivity index (χ2v) is 10.3. The molecule has 0 fully saturated rings. The zero-order chi connectivity index (χ0) is 28.7. The van der Waals surface area contributed by atoms with Crippen LogP contribution in [0.3, 0.4) is 0 Å². The normalized spacial score (nSPS) is 15.4. The molecule has 3 heterocycles. The highest BCUT2D eigenvalue weighted by atomic mass is 16.5. The van der Waals surface area contributed by atoms with Gasteiger partial charge in [0.25, 0.3) is 11.5 Å². The monoisotopic (exact) mass is 545 g/mol. The molecule has 0 saturated carbocycles. The molecule has 212 valence electrons. The molecular weight excluding hydrogens is 510 g/mol. The standard InChI is InChI=1S/C25H35N7O7/c1-25(2,3)23(37)32-24-30-19-14(20(34)31-24)10-13(11-27-19)6-8-17-26-12-16(28-17)21(35)29-15(22(36)39-5)7-9-18(33)38-4/h12-13,15H,6-11H2,1-5H3,(H,26,28)(H,29,35)(H3,27,30,31,32,34,37)/t13?,15-/m1/s1. The SMILES string of the molecule is COC(=O)CC[C@@H](NC(=O)c1cnc(CCC2CNc3nc(NC(=O)C(C)(C)C)[nH]c(=O)c3C2)[nH]1)C(=O)OC. The molecule has 3 rings (SSSR count). The smallest absolute Gasteiger partial charge is 0.328 e. The van der Waals surface area contributed by atoms with Gasteiger partial charge in [0.1, 0.15) is 23.4 Å². The molecule has 0 radical (unpaired) electrons. The van der Waals surface area contributed by atoms with Gasteiger partial charge in [0, 0.05) is 24.8 Å². The number of hydrogen-bond donors (Lipinski definition) is 5. The Kier molecular flexibility index (Phi) is 9.43. The minimum atomic E-state index is -1.02. The number of ether oxygens (including phenoxy) is 2. The number of aromatic nitrogens is 4. The largest absolute Gasteiger partial charge is 0.469 e. The summed E-state index contributed by atoms with van der Waals surface area (Å²) in [6.07, 6.45) is 3.02. The third-order valence-electron chi connectivity index (χ3n) is 6.30. The first kappa shape index (κ1) is 29.3. The maximum Gasteiger partial charge on any atom is 0.328 e. The van der Waals surface area contributed by atoms with Crippen molar-refractivity contribution in [2.75, 3.05) is 31.4 Å². The first-order valence-electron chi connectivity index (χ1n) is 12.6. The Balaban J connectivity index is 1.56. The van der Waals surface area contributed by atoms with Crippen LogP contribution in [0.1, 0.15) is 61.9 Å².